The van der Waals surface area contributed by atoms with Gasteiger partial charge in [-0.25, -0.2) is 26.0 Å². The lowest BCUT2D eigenvalue weighted by atomic mass is 9.78. The fraction of sp³-hybridized carbons (Fsp3) is 0.310. The molecular weight excluding hydrogens is 600 g/mol. The smallest absolute Gasteiger partial charge is 0.255 e. The van der Waals surface area contributed by atoms with Gasteiger partial charge in [0.2, 0.25) is 0 Å². The molecule has 0 radical (unpaired) electrons. The van der Waals surface area contributed by atoms with Gasteiger partial charge in [0.05, 0.1) is 21.4 Å². The van der Waals surface area contributed by atoms with Gasteiger partial charge in [-0.2, -0.15) is 0 Å². The molecule has 2 fully saturated rings. The SMILES string of the molecule is O=C(Nc1cc(F)c(F)c(F)c1)c1ccc(Cl)c(S(=O)(=O)C2C3CC[C@H]2C[C@](O)(/C=N/OCc2ccc(F)cc2)C3)c1. The Kier molecular flexibility index (Phi) is 8.32. The lowest BCUT2D eigenvalue weighted by molar-refractivity contribution is 0.0411. The summed E-state index contributed by atoms with van der Waals surface area (Å²) in [4.78, 5) is 17.7. The number of amides is 1. The predicted molar refractivity (Wildman–Crippen MR) is 147 cm³/mol. The van der Waals surface area contributed by atoms with Gasteiger partial charge in [-0.15, -0.1) is 0 Å². The molecule has 0 saturated heterocycles. The molecule has 0 spiro atoms. The summed E-state index contributed by atoms with van der Waals surface area (Å²) in [7, 11) is -4.09. The zero-order valence-electron chi connectivity index (χ0n) is 21.9. The Balaban J connectivity index is 1.30. The highest BCUT2D eigenvalue weighted by Crippen LogP contribution is 2.51. The summed E-state index contributed by atoms with van der Waals surface area (Å²) in [6, 6.07) is 10.4. The third-order valence-corrected chi connectivity index (χ3v) is 10.6. The minimum Gasteiger partial charge on any atom is -0.391 e. The van der Waals surface area contributed by atoms with E-state index in [-0.39, 0.29) is 46.4 Å². The van der Waals surface area contributed by atoms with Gasteiger partial charge in [0.25, 0.3) is 5.91 Å². The molecule has 2 aliphatic carbocycles. The monoisotopic (exact) mass is 624 g/mol. The predicted octanol–water partition coefficient (Wildman–Crippen LogP) is 6.04. The van der Waals surface area contributed by atoms with Crippen molar-refractivity contribution in [3.05, 3.63) is 94.0 Å². The van der Waals surface area contributed by atoms with Crippen molar-refractivity contribution in [1.29, 1.82) is 0 Å². The first-order chi connectivity index (χ1) is 19.9. The molecule has 3 aromatic carbocycles. The number of anilines is 1. The van der Waals surface area contributed by atoms with Crippen LogP contribution in [0, 0.1) is 35.1 Å². The lowest BCUT2D eigenvalue weighted by Crippen LogP contribution is -2.47. The second-order valence-electron chi connectivity index (χ2n) is 10.6. The van der Waals surface area contributed by atoms with Gasteiger partial charge in [-0.05, 0) is 73.4 Å². The maximum absolute atomic E-state index is 13.9. The topological polar surface area (TPSA) is 105 Å². The Morgan fingerprint density at radius 1 is 1.02 bits per heavy atom. The zero-order chi connectivity index (χ0) is 30.2. The number of halogens is 5. The number of sulfone groups is 1. The number of benzene rings is 3. The van der Waals surface area contributed by atoms with Crippen LogP contribution < -0.4 is 5.32 Å². The van der Waals surface area contributed by atoms with E-state index in [2.05, 4.69) is 10.5 Å². The average Bonchev–Trinajstić information content (AvgIpc) is 3.24. The van der Waals surface area contributed by atoms with Crippen molar-refractivity contribution in [2.75, 3.05) is 5.32 Å². The molecular formula is C29H25ClF4N2O5S. The van der Waals surface area contributed by atoms with E-state index >= 15 is 0 Å². The molecule has 0 aliphatic heterocycles. The summed E-state index contributed by atoms with van der Waals surface area (Å²) < 4.78 is 81.2. The second-order valence-corrected chi connectivity index (χ2v) is 13.1. The highest BCUT2D eigenvalue weighted by molar-refractivity contribution is 7.92. The minimum atomic E-state index is -4.09. The van der Waals surface area contributed by atoms with Gasteiger partial charge in [0.15, 0.2) is 27.3 Å². The van der Waals surface area contributed by atoms with Crippen molar-refractivity contribution in [3.8, 4) is 0 Å². The molecule has 2 aliphatic rings. The first kappa shape index (κ1) is 30.0. The van der Waals surface area contributed by atoms with E-state index in [4.69, 9.17) is 16.4 Å². The maximum Gasteiger partial charge on any atom is 0.255 e. The van der Waals surface area contributed by atoms with E-state index in [1.165, 1.54) is 30.5 Å². The molecule has 2 unspecified atom stereocenters. The Bertz CT molecular complexity index is 1620. The van der Waals surface area contributed by atoms with Gasteiger partial charge in [0, 0.05) is 23.4 Å². The molecule has 1 amide bonds. The Hall–Kier alpha value is -3.48. The lowest BCUT2D eigenvalue weighted by Gasteiger charge is -2.38. The molecule has 0 heterocycles. The molecule has 2 bridgehead atoms. The van der Waals surface area contributed by atoms with E-state index in [0.29, 0.717) is 30.5 Å². The van der Waals surface area contributed by atoms with Gasteiger partial charge in [-0.1, -0.05) is 28.9 Å². The van der Waals surface area contributed by atoms with E-state index in [1.54, 1.807) is 12.1 Å². The highest BCUT2D eigenvalue weighted by Gasteiger charge is 2.54. The van der Waals surface area contributed by atoms with Gasteiger partial charge >= 0.3 is 0 Å². The molecule has 42 heavy (non-hydrogen) atoms. The van der Waals surface area contributed by atoms with E-state index in [1.807, 2.05) is 0 Å². The van der Waals surface area contributed by atoms with Crippen LogP contribution in [0.3, 0.4) is 0 Å². The van der Waals surface area contributed by atoms with E-state index in [9.17, 15) is 35.9 Å². The van der Waals surface area contributed by atoms with Crippen molar-refractivity contribution in [2.45, 2.75) is 48.0 Å². The Morgan fingerprint density at radius 3 is 2.26 bits per heavy atom. The van der Waals surface area contributed by atoms with Crippen LogP contribution in [0.1, 0.15) is 41.6 Å². The second kappa shape index (κ2) is 11.7. The first-order valence-corrected chi connectivity index (χ1v) is 14.9. The highest BCUT2D eigenvalue weighted by atomic mass is 35.5. The summed E-state index contributed by atoms with van der Waals surface area (Å²) in [6.07, 6.45) is 2.57. The average molecular weight is 625 g/mol. The number of aliphatic hydroxyl groups is 1. The molecule has 7 nitrogen and oxygen atoms in total. The molecule has 222 valence electrons. The van der Waals surface area contributed by atoms with Crippen LogP contribution in [0.25, 0.3) is 0 Å². The summed E-state index contributed by atoms with van der Waals surface area (Å²) in [5, 5.41) is 16.3. The van der Waals surface area contributed by atoms with Crippen LogP contribution in [0.4, 0.5) is 23.2 Å². The number of rotatable bonds is 8. The summed E-state index contributed by atoms with van der Waals surface area (Å²) in [5.41, 5.74) is -1.22. The fourth-order valence-corrected chi connectivity index (χ4v) is 8.69. The van der Waals surface area contributed by atoms with Crippen molar-refractivity contribution in [2.24, 2.45) is 17.0 Å². The number of hydrogen-bond acceptors (Lipinski definition) is 6. The summed E-state index contributed by atoms with van der Waals surface area (Å²) >= 11 is 6.28. The zero-order valence-corrected chi connectivity index (χ0v) is 23.4. The third-order valence-electron chi connectivity index (χ3n) is 7.68. The standard InChI is InChI=1S/C29H25ClF4N2O5S/c30-22-8-5-17(28(37)36-21-10-23(32)26(34)24(33)11-21)9-25(22)42(39,40)27-18-3-4-19(27)13-29(38,12-18)15-35-41-14-16-1-6-20(31)7-2-16/h1-2,5-11,15,18-19,27,38H,3-4,12-14H2,(H,36,37)/b35-15+/t18-,19?,27?,29+/m0/s1. The number of nitrogens with zero attached hydrogens (tertiary/aromatic N) is 1. The number of carbonyl (C=O) groups is 1. The van der Waals surface area contributed by atoms with E-state index in [0.717, 1.165) is 6.07 Å². The molecule has 5 rings (SSSR count). The van der Waals surface area contributed by atoms with Crippen molar-refractivity contribution in [3.63, 3.8) is 0 Å². The number of nitrogens with one attached hydrogen (secondary N) is 1. The number of carbonyl (C=O) groups excluding carboxylic acids is 1. The molecule has 4 atom stereocenters. The number of oxime groups is 1. The van der Waals surface area contributed by atoms with Crippen LogP contribution in [0.5, 0.6) is 0 Å². The Morgan fingerprint density at radius 2 is 1.64 bits per heavy atom. The fourth-order valence-electron chi connectivity index (χ4n) is 5.85. The van der Waals surface area contributed by atoms with E-state index < -0.39 is 55.9 Å². The largest absolute Gasteiger partial charge is 0.391 e. The van der Waals surface area contributed by atoms with Crippen LogP contribution in [-0.2, 0) is 21.3 Å². The third kappa shape index (κ3) is 6.16. The normalized spacial score (nSPS) is 23.7. The minimum absolute atomic E-state index is 0.0597. The molecule has 2 saturated carbocycles. The Labute approximate surface area is 244 Å². The molecule has 2 N–H and O–H groups in total. The number of fused-ring (bicyclic) bond motifs is 2. The van der Waals surface area contributed by atoms with Gasteiger partial charge < -0.3 is 15.3 Å². The molecule has 3 aromatic rings. The molecule has 13 heteroatoms. The van der Waals surface area contributed by atoms with Crippen molar-refractivity contribution < 1.29 is 40.7 Å². The van der Waals surface area contributed by atoms with Crippen LogP contribution in [-0.4, -0.2) is 36.5 Å². The number of hydrogen-bond donors (Lipinski definition) is 2. The van der Waals surface area contributed by atoms with Crippen LogP contribution >= 0.6 is 11.6 Å². The van der Waals surface area contributed by atoms with Crippen LogP contribution in [0.2, 0.25) is 5.02 Å². The first-order valence-electron chi connectivity index (χ1n) is 13.0. The maximum atomic E-state index is 13.9. The van der Waals surface area contributed by atoms with Crippen molar-refractivity contribution >= 4 is 39.2 Å². The summed E-state index contributed by atoms with van der Waals surface area (Å²) in [5.74, 6) is -6.81. The molecule has 0 aromatic heterocycles. The van der Waals surface area contributed by atoms with Crippen molar-refractivity contribution in [1.82, 2.24) is 0 Å². The van der Waals surface area contributed by atoms with Gasteiger partial charge in [-0.3, -0.25) is 4.79 Å². The summed E-state index contributed by atoms with van der Waals surface area (Å²) in [6.45, 7) is 0.0597. The quantitative estimate of drug-likeness (QED) is 0.138. The van der Waals surface area contributed by atoms with Crippen LogP contribution in [0.15, 0.2) is 64.6 Å². The van der Waals surface area contributed by atoms with Gasteiger partial charge in [0.1, 0.15) is 18.0 Å².